The molecule has 0 unspecified atom stereocenters. The van der Waals surface area contributed by atoms with Gasteiger partial charge in [-0.05, 0) is 19.1 Å². The maximum Gasteiger partial charge on any atom is 0.328 e. The van der Waals surface area contributed by atoms with Crippen LogP contribution in [0.25, 0.3) is 16.7 Å². The van der Waals surface area contributed by atoms with Gasteiger partial charge in [-0.3, -0.25) is 9.36 Å². The lowest BCUT2D eigenvalue weighted by Gasteiger charge is -2.12. The molecule has 22 heavy (non-hydrogen) atoms. The molecule has 7 nitrogen and oxygen atoms in total. The summed E-state index contributed by atoms with van der Waals surface area (Å²) in [6.07, 6.45) is 2.80. The van der Waals surface area contributed by atoms with Crippen molar-refractivity contribution in [3.05, 3.63) is 53.2 Å². The number of rotatable bonds is 3. The van der Waals surface area contributed by atoms with Crippen molar-refractivity contribution in [3.63, 3.8) is 0 Å². The number of methoxy groups -OCH3 is 1. The molecule has 0 spiro atoms. The molecule has 112 valence electrons. The zero-order chi connectivity index (χ0) is 15.7. The van der Waals surface area contributed by atoms with Crippen molar-refractivity contribution in [2.75, 3.05) is 7.11 Å². The van der Waals surface area contributed by atoms with Gasteiger partial charge in [0.05, 0.1) is 19.0 Å². The molecule has 0 aliphatic carbocycles. The number of carbonyl (C=O) groups is 1. The van der Waals surface area contributed by atoms with Crippen LogP contribution in [-0.4, -0.2) is 32.4 Å². The zero-order valence-corrected chi connectivity index (χ0v) is 12.1. The molecule has 0 aliphatic rings. The predicted octanol–water partition coefficient (Wildman–Crippen LogP) is 1.32. The third-order valence-electron chi connectivity index (χ3n) is 3.47. The monoisotopic (exact) mass is 298 g/mol. The van der Waals surface area contributed by atoms with Crippen molar-refractivity contribution in [2.45, 2.75) is 13.0 Å². The van der Waals surface area contributed by atoms with E-state index in [1.807, 2.05) is 30.3 Å². The third kappa shape index (κ3) is 2.16. The van der Waals surface area contributed by atoms with Gasteiger partial charge in [0.25, 0.3) is 5.56 Å². The standard InChI is InChI=1S/C15H14N4O3/c1-10(15(21)22-2)18-9-16-13-12(14(18)20)8-17-19(13)11-6-4-3-5-7-11/h3-10H,1-2H3/t10-/m1/s1. The third-order valence-corrected chi connectivity index (χ3v) is 3.47. The maximum absolute atomic E-state index is 12.5. The molecule has 3 aromatic rings. The van der Waals surface area contributed by atoms with Crippen LogP contribution in [0.1, 0.15) is 13.0 Å². The maximum atomic E-state index is 12.5. The van der Waals surface area contributed by atoms with E-state index in [1.165, 1.54) is 24.2 Å². The first-order chi connectivity index (χ1) is 10.6. The number of ether oxygens (including phenoxy) is 1. The van der Waals surface area contributed by atoms with Gasteiger partial charge in [-0.1, -0.05) is 18.2 Å². The summed E-state index contributed by atoms with van der Waals surface area (Å²) in [5.41, 5.74) is 0.928. The average molecular weight is 298 g/mol. The van der Waals surface area contributed by atoms with E-state index in [0.717, 1.165) is 5.69 Å². The van der Waals surface area contributed by atoms with Gasteiger partial charge in [-0.25, -0.2) is 14.5 Å². The van der Waals surface area contributed by atoms with Gasteiger partial charge in [0.1, 0.15) is 17.8 Å². The van der Waals surface area contributed by atoms with Crippen LogP contribution in [0, 0.1) is 0 Å². The van der Waals surface area contributed by atoms with E-state index in [0.29, 0.717) is 11.0 Å². The Morgan fingerprint density at radius 2 is 2.00 bits per heavy atom. The van der Waals surface area contributed by atoms with Crippen LogP contribution in [0.3, 0.4) is 0 Å². The molecule has 0 radical (unpaired) electrons. The molecule has 0 amide bonds. The summed E-state index contributed by atoms with van der Waals surface area (Å²) in [4.78, 5) is 28.4. The van der Waals surface area contributed by atoms with E-state index in [4.69, 9.17) is 0 Å². The first kappa shape index (κ1) is 14.0. The highest BCUT2D eigenvalue weighted by molar-refractivity contribution is 5.77. The molecule has 1 atom stereocenters. The second-order valence-corrected chi connectivity index (χ2v) is 4.79. The van der Waals surface area contributed by atoms with E-state index in [9.17, 15) is 9.59 Å². The summed E-state index contributed by atoms with van der Waals surface area (Å²) in [5.74, 6) is -0.501. The van der Waals surface area contributed by atoms with Crippen LogP contribution in [0.2, 0.25) is 0 Å². The number of hydrogen-bond donors (Lipinski definition) is 0. The topological polar surface area (TPSA) is 79.0 Å². The second kappa shape index (κ2) is 5.44. The quantitative estimate of drug-likeness (QED) is 0.681. The fourth-order valence-corrected chi connectivity index (χ4v) is 2.24. The molecule has 2 aromatic heterocycles. The van der Waals surface area contributed by atoms with Crippen molar-refractivity contribution in [1.82, 2.24) is 19.3 Å². The molecule has 3 rings (SSSR count). The Balaban J connectivity index is 2.15. The minimum absolute atomic E-state index is 0.329. The van der Waals surface area contributed by atoms with Crippen LogP contribution in [0.5, 0.6) is 0 Å². The van der Waals surface area contributed by atoms with Gasteiger partial charge in [-0.2, -0.15) is 5.10 Å². The number of para-hydroxylation sites is 1. The van der Waals surface area contributed by atoms with Gasteiger partial charge in [0, 0.05) is 0 Å². The molecular weight excluding hydrogens is 284 g/mol. The molecular formula is C15H14N4O3. The number of carbonyl (C=O) groups excluding carboxylic acids is 1. The summed E-state index contributed by atoms with van der Waals surface area (Å²) < 4.78 is 7.49. The molecule has 0 bridgehead atoms. The van der Waals surface area contributed by atoms with Crippen molar-refractivity contribution >= 4 is 17.0 Å². The summed E-state index contributed by atoms with van der Waals surface area (Å²) in [7, 11) is 1.28. The van der Waals surface area contributed by atoms with Gasteiger partial charge < -0.3 is 4.74 Å². The van der Waals surface area contributed by atoms with E-state index < -0.39 is 12.0 Å². The Kier molecular flexibility index (Phi) is 3.46. The van der Waals surface area contributed by atoms with E-state index in [1.54, 1.807) is 11.6 Å². The molecule has 0 saturated carbocycles. The van der Waals surface area contributed by atoms with Crippen LogP contribution in [0.15, 0.2) is 47.7 Å². The fourth-order valence-electron chi connectivity index (χ4n) is 2.24. The predicted molar refractivity (Wildman–Crippen MR) is 79.9 cm³/mol. The van der Waals surface area contributed by atoms with Crippen molar-refractivity contribution < 1.29 is 9.53 Å². The highest BCUT2D eigenvalue weighted by Crippen LogP contribution is 2.14. The number of nitrogens with zero attached hydrogens (tertiary/aromatic N) is 4. The van der Waals surface area contributed by atoms with E-state index in [-0.39, 0.29) is 5.56 Å². The molecule has 0 saturated heterocycles. The minimum Gasteiger partial charge on any atom is -0.467 e. The Morgan fingerprint density at radius 1 is 1.27 bits per heavy atom. The first-order valence-corrected chi connectivity index (χ1v) is 6.71. The van der Waals surface area contributed by atoms with Gasteiger partial charge in [0.2, 0.25) is 0 Å². The minimum atomic E-state index is -0.741. The van der Waals surface area contributed by atoms with Crippen LogP contribution < -0.4 is 5.56 Å². The first-order valence-electron chi connectivity index (χ1n) is 6.71. The molecule has 0 fully saturated rings. The Bertz CT molecular complexity index is 883. The molecule has 0 aliphatic heterocycles. The van der Waals surface area contributed by atoms with Crippen LogP contribution in [0.4, 0.5) is 0 Å². The van der Waals surface area contributed by atoms with Crippen molar-refractivity contribution in [3.8, 4) is 5.69 Å². The highest BCUT2D eigenvalue weighted by atomic mass is 16.5. The Morgan fingerprint density at radius 3 is 2.68 bits per heavy atom. The largest absolute Gasteiger partial charge is 0.467 e. The number of fused-ring (bicyclic) bond motifs is 1. The molecule has 1 aromatic carbocycles. The van der Waals surface area contributed by atoms with Gasteiger partial charge in [-0.15, -0.1) is 0 Å². The van der Waals surface area contributed by atoms with Gasteiger partial charge in [0.15, 0.2) is 5.65 Å². The van der Waals surface area contributed by atoms with E-state index in [2.05, 4.69) is 14.8 Å². The lowest BCUT2D eigenvalue weighted by molar-refractivity contribution is -0.144. The highest BCUT2D eigenvalue weighted by Gasteiger charge is 2.19. The van der Waals surface area contributed by atoms with E-state index >= 15 is 0 Å². The van der Waals surface area contributed by atoms with Crippen LogP contribution in [-0.2, 0) is 9.53 Å². The lowest BCUT2D eigenvalue weighted by Crippen LogP contribution is -2.29. The molecule has 0 N–H and O–H groups in total. The molecule has 7 heteroatoms. The summed E-state index contributed by atoms with van der Waals surface area (Å²) in [6.45, 7) is 1.59. The van der Waals surface area contributed by atoms with Crippen molar-refractivity contribution in [2.24, 2.45) is 0 Å². The van der Waals surface area contributed by atoms with Crippen molar-refractivity contribution in [1.29, 1.82) is 0 Å². The Labute approximate surface area is 125 Å². The molecule has 2 heterocycles. The number of esters is 1. The zero-order valence-electron chi connectivity index (χ0n) is 12.1. The smallest absolute Gasteiger partial charge is 0.328 e. The SMILES string of the molecule is COC(=O)[C@@H](C)n1cnc2c(cnn2-c2ccccc2)c1=O. The lowest BCUT2D eigenvalue weighted by atomic mass is 10.3. The number of hydrogen-bond acceptors (Lipinski definition) is 5. The average Bonchev–Trinajstić information content (AvgIpc) is 2.99. The second-order valence-electron chi connectivity index (χ2n) is 4.79. The summed E-state index contributed by atoms with van der Waals surface area (Å²) in [5, 5.41) is 4.57. The van der Waals surface area contributed by atoms with Crippen LogP contribution >= 0.6 is 0 Å². The van der Waals surface area contributed by atoms with Gasteiger partial charge >= 0.3 is 5.97 Å². The Hall–Kier alpha value is -2.96. The number of aromatic nitrogens is 4. The normalized spacial score (nSPS) is 12.3. The summed E-state index contributed by atoms with van der Waals surface area (Å²) in [6, 6.07) is 8.66. The summed E-state index contributed by atoms with van der Waals surface area (Å²) >= 11 is 0. The number of benzene rings is 1. The fraction of sp³-hybridized carbons (Fsp3) is 0.200.